The first-order valence-electron chi connectivity index (χ1n) is 4.85. The van der Waals surface area contributed by atoms with Crippen LogP contribution in [0.2, 0.25) is 0 Å². The van der Waals surface area contributed by atoms with Crippen molar-refractivity contribution < 1.29 is 9.53 Å². The fourth-order valence-corrected chi connectivity index (χ4v) is 1.29. The van der Waals surface area contributed by atoms with Gasteiger partial charge in [-0.3, -0.25) is 9.48 Å². The highest BCUT2D eigenvalue weighted by molar-refractivity contribution is 5.69. The standard InChI is InChI=1S/C9H16N4O2/c1-15-9(14)4-8(5-10)2-3-13-7-11-6-12-13/h6-8H,2-5,10H2,1H3. The minimum Gasteiger partial charge on any atom is -0.469 e. The molecular weight excluding hydrogens is 196 g/mol. The molecule has 0 fully saturated rings. The average Bonchev–Trinajstić information content (AvgIpc) is 2.76. The highest BCUT2D eigenvalue weighted by Crippen LogP contribution is 2.08. The van der Waals surface area contributed by atoms with E-state index in [1.54, 1.807) is 11.0 Å². The lowest BCUT2D eigenvalue weighted by Crippen LogP contribution is -2.20. The van der Waals surface area contributed by atoms with Gasteiger partial charge < -0.3 is 10.5 Å². The summed E-state index contributed by atoms with van der Waals surface area (Å²) in [5.41, 5.74) is 5.56. The molecule has 0 amide bonds. The summed E-state index contributed by atoms with van der Waals surface area (Å²) in [7, 11) is 1.38. The van der Waals surface area contributed by atoms with E-state index in [9.17, 15) is 4.79 Å². The van der Waals surface area contributed by atoms with Crippen molar-refractivity contribution in [2.45, 2.75) is 19.4 Å². The van der Waals surface area contributed by atoms with Crippen LogP contribution >= 0.6 is 0 Å². The second kappa shape index (κ2) is 6.13. The molecule has 1 aromatic heterocycles. The van der Waals surface area contributed by atoms with E-state index in [1.165, 1.54) is 13.4 Å². The Bertz CT molecular complexity index is 286. The predicted octanol–water partition coefficient (Wildman–Crippen LogP) is -0.194. The monoisotopic (exact) mass is 212 g/mol. The Morgan fingerprint density at radius 3 is 3.00 bits per heavy atom. The predicted molar refractivity (Wildman–Crippen MR) is 53.8 cm³/mol. The molecule has 0 aromatic carbocycles. The molecule has 0 aliphatic heterocycles. The normalized spacial score (nSPS) is 12.4. The molecule has 0 aliphatic rings. The van der Waals surface area contributed by atoms with Crippen LogP contribution in [0.4, 0.5) is 0 Å². The lowest BCUT2D eigenvalue weighted by molar-refractivity contribution is -0.141. The van der Waals surface area contributed by atoms with Crippen molar-refractivity contribution in [2.24, 2.45) is 11.7 Å². The zero-order valence-corrected chi connectivity index (χ0v) is 8.80. The number of nitrogens with two attached hydrogens (primary N) is 1. The van der Waals surface area contributed by atoms with Gasteiger partial charge in [-0.1, -0.05) is 0 Å². The summed E-state index contributed by atoms with van der Waals surface area (Å²) in [4.78, 5) is 14.9. The molecule has 1 rings (SSSR count). The zero-order valence-electron chi connectivity index (χ0n) is 8.80. The van der Waals surface area contributed by atoms with Gasteiger partial charge in [0.2, 0.25) is 0 Å². The molecule has 15 heavy (non-hydrogen) atoms. The molecule has 84 valence electrons. The fourth-order valence-electron chi connectivity index (χ4n) is 1.29. The maximum absolute atomic E-state index is 11.0. The Balaban J connectivity index is 2.31. The number of carbonyl (C=O) groups is 1. The van der Waals surface area contributed by atoms with E-state index < -0.39 is 0 Å². The van der Waals surface area contributed by atoms with Gasteiger partial charge in [0.15, 0.2) is 0 Å². The van der Waals surface area contributed by atoms with E-state index in [-0.39, 0.29) is 11.9 Å². The Labute approximate surface area is 88.4 Å². The number of esters is 1. The Hall–Kier alpha value is -1.43. The summed E-state index contributed by atoms with van der Waals surface area (Å²) in [5.74, 6) is -0.0781. The van der Waals surface area contributed by atoms with Gasteiger partial charge >= 0.3 is 5.97 Å². The smallest absolute Gasteiger partial charge is 0.305 e. The Morgan fingerprint density at radius 2 is 2.47 bits per heavy atom. The number of nitrogens with zero attached hydrogens (tertiary/aromatic N) is 3. The Morgan fingerprint density at radius 1 is 1.67 bits per heavy atom. The molecule has 0 saturated heterocycles. The van der Waals surface area contributed by atoms with Crippen molar-refractivity contribution in [3.63, 3.8) is 0 Å². The number of carbonyl (C=O) groups excluding carboxylic acids is 1. The maximum atomic E-state index is 11.0. The lowest BCUT2D eigenvalue weighted by Gasteiger charge is -2.12. The summed E-state index contributed by atoms with van der Waals surface area (Å²) in [6.45, 7) is 1.20. The average molecular weight is 212 g/mol. The van der Waals surface area contributed by atoms with Crippen LogP contribution in [0.5, 0.6) is 0 Å². The van der Waals surface area contributed by atoms with Crippen LogP contribution in [-0.4, -0.2) is 34.4 Å². The van der Waals surface area contributed by atoms with E-state index in [2.05, 4.69) is 14.8 Å². The van der Waals surface area contributed by atoms with Gasteiger partial charge in [-0.25, -0.2) is 4.98 Å². The van der Waals surface area contributed by atoms with Gasteiger partial charge in [-0.2, -0.15) is 5.10 Å². The van der Waals surface area contributed by atoms with Crippen LogP contribution in [0.3, 0.4) is 0 Å². The van der Waals surface area contributed by atoms with E-state index in [0.717, 1.165) is 13.0 Å². The summed E-state index contributed by atoms with van der Waals surface area (Å²) in [5, 5.41) is 3.97. The molecule has 2 N–H and O–H groups in total. The van der Waals surface area contributed by atoms with Gasteiger partial charge in [-0.05, 0) is 18.9 Å². The number of hydrogen-bond donors (Lipinski definition) is 1. The second-order valence-electron chi connectivity index (χ2n) is 3.33. The summed E-state index contributed by atoms with van der Waals surface area (Å²) < 4.78 is 6.31. The lowest BCUT2D eigenvalue weighted by atomic mass is 10.0. The third-order valence-corrected chi connectivity index (χ3v) is 2.25. The van der Waals surface area contributed by atoms with Crippen LogP contribution in [0.15, 0.2) is 12.7 Å². The van der Waals surface area contributed by atoms with Crippen LogP contribution in [0, 0.1) is 5.92 Å². The minimum absolute atomic E-state index is 0.140. The van der Waals surface area contributed by atoms with Gasteiger partial charge in [0.25, 0.3) is 0 Å². The highest BCUT2D eigenvalue weighted by Gasteiger charge is 2.12. The molecule has 0 spiro atoms. The number of hydrogen-bond acceptors (Lipinski definition) is 5. The molecule has 6 nitrogen and oxygen atoms in total. The molecule has 0 bridgehead atoms. The molecule has 0 radical (unpaired) electrons. The molecule has 1 aromatic rings. The largest absolute Gasteiger partial charge is 0.469 e. The molecule has 0 saturated carbocycles. The number of methoxy groups -OCH3 is 1. The third-order valence-electron chi connectivity index (χ3n) is 2.25. The van der Waals surface area contributed by atoms with Crippen molar-refractivity contribution >= 4 is 5.97 Å². The van der Waals surface area contributed by atoms with Crippen LogP contribution in [0.25, 0.3) is 0 Å². The zero-order chi connectivity index (χ0) is 11.1. The molecule has 0 aliphatic carbocycles. The second-order valence-corrected chi connectivity index (χ2v) is 3.33. The maximum Gasteiger partial charge on any atom is 0.305 e. The summed E-state index contributed by atoms with van der Waals surface area (Å²) >= 11 is 0. The molecular formula is C9H16N4O2. The number of ether oxygens (including phenoxy) is 1. The van der Waals surface area contributed by atoms with E-state index in [1.807, 2.05) is 0 Å². The summed E-state index contributed by atoms with van der Waals surface area (Å²) in [6, 6.07) is 0. The first-order valence-corrected chi connectivity index (χ1v) is 4.85. The van der Waals surface area contributed by atoms with Crippen LogP contribution < -0.4 is 5.73 Å². The number of aryl methyl sites for hydroxylation is 1. The first kappa shape index (κ1) is 11.6. The topological polar surface area (TPSA) is 83.0 Å². The van der Waals surface area contributed by atoms with Gasteiger partial charge in [0.1, 0.15) is 12.7 Å². The molecule has 1 atom stereocenters. The van der Waals surface area contributed by atoms with Crippen molar-refractivity contribution in [1.82, 2.24) is 14.8 Å². The van der Waals surface area contributed by atoms with Gasteiger partial charge in [0.05, 0.1) is 7.11 Å². The van der Waals surface area contributed by atoms with Crippen LogP contribution in [0.1, 0.15) is 12.8 Å². The summed E-state index contributed by atoms with van der Waals surface area (Å²) in [6.07, 6.45) is 4.29. The third kappa shape index (κ3) is 4.07. The fraction of sp³-hybridized carbons (Fsp3) is 0.667. The van der Waals surface area contributed by atoms with E-state index >= 15 is 0 Å². The molecule has 1 unspecified atom stereocenters. The van der Waals surface area contributed by atoms with E-state index in [4.69, 9.17) is 5.73 Å². The van der Waals surface area contributed by atoms with Crippen molar-refractivity contribution in [3.8, 4) is 0 Å². The van der Waals surface area contributed by atoms with Crippen molar-refractivity contribution in [3.05, 3.63) is 12.7 Å². The number of rotatable bonds is 6. The number of aromatic nitrogens is 3. The van der Waals surface area contributed by atoms with E-state index in [0.29, 0.717) is 13.0 Å². The first-order chi connectivity index (χ1) is 7.26. The SMILES string of the molecule is COC(=O)CC(CN)CCn1cncn1. The minimum atomic E-state index is -0.218. The van der Waals surface area contributed by atoms with Crippen LogP contribution in [-0.2, 0) is 16.1 Å². The molecule has 1 heterocycles. The molecule has 6 heteroatoms. The highest BCUT2D eigenvalue weighted by atomic mass is 16.5. The van der Waals surface area contributed by atoms with Crippen molar-refractivity contribution in [1.29, 1.82) is 0 Å². The quantitative estimate of drug-likeness (QED) is 0.660. The Kier molecular flexibility index (Phi) is 4.76. The van der Waals surface area contributed by atoms with Gasteiger partial charge in [0, 0.05) is 13.0 Å². The van der Waals surface area contributed by atoms with Gasteiger partial charge in [-0.15, -0.1) is 0 Å². The van der Waals surface area contributed by atoms with Crippen molar-refractivity contribution in [2.75, 3.05) is 13.7 Å².